The zero-order valence-corrected chi connectivity index (χ0v) is 24.4. The van der Waals surface area contributed by atoms with Gasteiger partial charge in [-0.25, -0.2) is 4.98 Å². The summed E-state index contributed by atoms with van der Waals surface area (Å²) in [5.41, 5.74) is 7.15. The van der Waals surface area contributed by atoms with Crippen molar-refractivity contribution >= 4 is 16.8 Å². The number of hydrogen-bond donors (Lipinski definition) is 2. The molecule has 1 amide bonds. The number of amides is 1. The van der Waals surface area contributed by atoms with Gasteiger partial charge in [-0.1, -0.05) is 19.4 Å². The Labute approximate surface area is 235 Å². The van der Waals surface area contributed by atoms with E-state index in [1.165, 1.54) is 0 Å². The van der Waals surface area contributed by atoms with Gasteiger partial charge in [0, 0.05) is 58.8 Å². The van der Waals surface area contributed by atoms with E-state index in [0.717, 1.165) is 70.4 Å². The van der Waals surface area contributed by atoms with E-state index < -0.39 is 0 Å². The van der Waals surface area contributed by atoms with Crippen molar-refractivity contribution in [1.29, 1.82) is 0 Å². The molecule has 0 saturated carbocycles. The molecular formula is C32H39N5O3. The van der Waals surface area contributed by atoms with Crippen molar-refractivity contribution in [2.75, 3.05) is 27.2 Å². The van der Waals surface area contributed by atoms with Gasteiger partial charge in [0.1, 0.15) is 0 Å². The van der Waals surface area contributed by atoms with Gasteiger partial charge in [0.25, 0.3) is 11.5 Å². The van der Waals surface area contributed by atoms with Gasteiger partial charge >= 0.3 is 0 Å². The van der Waals surface area contributed by atoms with Crippen molar-refractivity contribution in [1.82, 2.24) is 25.2 Å². The molecule has 0 aliphatic rings. The highest BCUT2D eigenvalue weighted by Crippen LogP contribution is 2.32. The molecule has 1 aromatic carbocycles. The molecule has 0 unspecified atom stereocenters. The first-order chi connectivity index (χ1) is 19.2. The van der Waals surface area contributed by atoms with Crippen LogP contribution in [0.15, 0.2) is 47.4 Å². The number of aromatic amines is 1. The first-order valence-corrected chi connectivity index (χ1v) is 13.8. The minimum absolute atomic E-state index is 0.153. The predicted molar refractivity (Wildman–Crippen MR) is 160 cm³/mol. The molecular weight excluding hydrogens is 502 g/mol. The van der Waals surface area contributed by atoms with E-state index >= 15 is 0 Å². The summed E-state index contributed by atoms with van der Waals surface area (Å²) in [5, 5.41) is 3.91. The second-order valence-electron chi connectivity index (χ2n) is 10.6. The monoisotopic (exact) mass is 541 g/mol. The fraction of sp³-hybridized carbons (Fsp3) is 0.375. The van der Waals surface area contributed by atoms with Gasteiger partial charge < -0.3 is 19.9 Å². The number of nitrogens with one attached hydrogen (secondary N) is 2. The smallest absolute Gasteiger partial charge is 0.253 e. The molecule has 0 bridgehead atoms. The lowest BCUT2D eigenvalue weighted by Gasteiger charge is -2.15. The maximum Gasteiger partial charge on any atom is 0.253 e. The molecule has 0 fully saturated rings. The summed E-state index contributed by atoms with van der Waals surface area (Å²) in [6.07, 6.45) is 4.46. The zero-order chi connectivity index (χ0) is 28.8. The Morgan fingerprint density at radius 2 is 1.90 bits per heavy atom. The Kier molecular flexibility index (Phi) is 9.32. The van der Waals surface area contributed by atoms with Crippen LogP contribution in [0.5, 0.6) is 5.88 Å². The number of H-pyrrole nitrogens is 1. The average molecular weight is 542 g/mol. The van der Waals surface area contributed by atoms with E-state index in [1.54, 1.807) is 0 Å². The summed E-state index contributed by atoms with van der Waals surface area (Å²) in [6, 6.07) is 11.7. The van der Waals surface area contributed by atoms with E-state index in [1.807, 2.05) is 77.5 Å². The Morgan fingerprint density at radius 3 is 2.60 bits per heavy atom. The van der Waals surface area contributed by atoms with Gasteiger partial charge in [0.2, 0.25) is 5.88 Å². The molecule has 2 N–H and O–H groups in total. The first kappa shape index (κ1) is 29.0. The number of benzene rings is 1. The van der Waals surface area contributed by atoms with Crippen LogP contribution in [0.2, 0.25) is 0 Å². The standard InChI is InChI=1S/C32H39N5O3/c1-7-9-23-16-20(2)36-32(39)28(23)19-34-31(38)25-11-12-26-27(17-21(3)35-30(26)22(25)4)24-10-13-29(33-18-24)40-15-8-14-37(5)6/h10-13,16-18H,7-9,14-15,19H2,1-6H3,(H,34,38)(H,36,39). The summed E-state index contributed by atoms with van der Waals surface area (Å²) in [4.78, 5) is 40.2. The second-order valence-corrected chi connectivity index (χ2v) is 10.6. The van der Waals surface area contributed by atoms with Crippen LogP contribution >= 0.6 is 0 Å². The number of rotatable bonds is 11. The van der Waals surface area contributed by atoms with Gasteiger partial charge in [0.05, 0.1) is 12.1 Å². The molecule has 3 aromatic heterocycles. The number of aromatic nitrogens is 3. The lowest BCUT2D eigenvalue weighted by atomic mass is 9.96. The maximum atomic E-state index is 13.3. The summed E-state index contributed by atoms with van der Waals surface area (Å²) in [6.45, 7) is 9.56. The molecule has 0 aliphatic carbocycles. The number of fused-ring (bicyclic) bond motifs is 1. The van der Waals surface area contributed by atoms with Crippen LogP contribution in [0.25, 0.3) is 22.0 Å². The van der Waals surface area contributed by atoms with Crippen LogP contribution in [-0.2, 0) is 13.0 Å². The van der Waals surface area contributed by atoms with Crippen LogP contribution in [0.4, 0.5) is 0 Å². The first-order valence-electron chi connectivity index (χ1n) is 13.8. The number of nitrogens with zero attached hydrogens (tertiary/aromatic N) is 3. The molecule has 4 aromatic rings. The third kappa shape index (κ3) is 6.74. The SMILES string of the molecule is CCCc1cc(C)[nH]c(=O)c1CNC(=O)c1ccc2c(-c3ccc(OCCCN(C)C)nc3)cc(C)nc2c1C. The molecule has 0 aliphatic heterocycles. The topological polar surface area (TPSA) is 100 Å². The summed E-state index contributed by atoms with van der Waals surface area (Å²) >= 11 is 0. The van der Waals surface area contributed by atoms with Crippen LogP contribution in [-0.4, -0.2) is 53.0 Å². The van der Waals surface area contributed by atoms with Crippen LogP contribution in [0.1, 0.15) is 58.2 Å². The number of hydrogen-bond acceptors (Lipinski definition) is 6. The molecule has 3 heterocycles. The highest BCUT2D eigenvalue weighted by Gasteiger charge is 2.17. The Hall–Kier alpha value is -4.04. The number of carbonyl (C=O) groups is 1. The fourth-order valence-corrected chi connectivity index (χ4v) is 4.96. The number of pyridine rings is 3. The van der Waals surface area contributed by atoms with Crippen molar-refractivity contribution in [3.05, 3.63) is 86.6 Å². The molecule has 8 nitrogen and oxygen atoms in total. The van der Waals surface area contributed by atoms with Crippen LogP contribution in [0.3, 0.4) is 0 Å². The zero-order valence-electron chi connectivity index (χ0n) is 24.4. The van der Waals surface area contributed by atoms with Crippen molar-refractivity contribution < 1.29 is 9.53 Å². The molecule has 4 rings (SSSR count). The molecule has 210 valence electrons. The number of ether oxygens (including phenoxy) is 1. The van der Waals surface area contributed by atoms with E-state index in [2.05, 4.69) is 27.1 Å². The summed E-state index contributed by atoms with van der Waals surface area (Å²) in [5.74, 6) is 0.367. The highest BCUT2D eigenvalue weighted by molar-refractivity contribution is 6.03. The van der Waals surface area contributed by atoms with Crippen LogP contribution < -0.4 is 15.6 Å². The molecule has 0 radical (unpaired) electrons. The van der Waals surface area contributed by atoms with Crippen molar-refractivity contribution in [2.45, 2.75) is 53.5 Å². The lowest BCUT2D eigenvalue weighted by Crippen LogP contribution is -2.29. The number of aryl methyl sites for hydroxylation is 4. The molecule has 8 heteroatoms. The molecule has 0 saturated heterocycles. The Balaban J connectivity index is 1.57. The van der Waals surface area contributed by atoms with Gasteiger partial charge in [-0.15, -0.1) is 0 Å². The van der Waals surface area contributed by atoms with Gasteiger partial charge in [-0.3, -0.25) is 14.6 Å². The Bertz CT molecular complexity index is 1560. The summed E-state index contributed by atoms with van der Waals surface area (Å²) in [7, 11) is 4.09. The largest absolute Gasteiger partial charge is 0.478 e. The van der Waals surface area contributed by atoms with E-state index in [-0.39, 0.29) is 18.0 Å². The number of carbonyl (C=O) groups excluding carboxylic acids is 1. The Morgan fingerprint density at radius 1 is 1.10 bits per heavy atom. The van der Waals surface area contributed by atoms with Gasteiger partial charge in [-0.05, 0) is 88.7 Å². The molecule has 0 spiro atoms. The van der Waals surface area contributed by atoms with Crippen molar-refractivity contribution in [2.24, 2.45) is 0 Å². The second kappa shape index (κ2) is 12.9. The minimum atomic E-state index is -0.232. The van der Waals surface area contributed by atoms with Gasteiger partial charge in [-0.2, -0.15) is 0 Å². The van der Waals surface area contributed by atoms with Crippen molar-refractivity contribution in [3.63, 3.8) is 0 Å². The molecule has 40 heavy (non-hydrogen) atoms. The van der Waals surface area contributed by atoms with Crippen molar-refractivity contribution in [3.8, 4) is 17.0 Å². The van der Waals surface area contributed by atoms with Crippen LogP contribution in [0, 0.1) is 20.8 Å². The minimum Gasteiger partial charge on any atom is -0.478 e. The fourth-order valence-electron chi connectivity index (χ4n) is 4.96. The quantitative estimate of drug-likeness (QED) is 0.256. The maximum absolute atomic E-state index is 13.3. The molecule has 0 atom stereocenters. The third-order valence-corrected chi connectivity index (χ3v) is 6.96. The normalized spacial score (nSPS) is 11.3. The average Bonchev–Trinajstić information content (AvgIpc) is 2.91. The third-order valence-electron chi connectivity index (χ3n) is 6.96. The van der Waals surface area contributed by atoms with E-state index in [4.69, 9.17) is 9.72 Å². The summed E-state index contributed by atoms with van der Waals surface area (Å²) < 4.78 is 5.79. The predicted octanol–water partition coefficient (Wildman–Crippen LogP) is 5.12. The van der Waals surface area contributed by atoms with E-state index in [9.17, 15) is 9.59 Å². The van der Waals surface area contributed by atoms with E-state index in [0.29, 0.717) is 23.6 Å². The highest BCUT2D eigenvalue weighted by atomic mass is 16.5. The lowest BCUT2D eigenvalue weighted by molar-refractivity contribution is 0.0950. The van der Waals surface area contributed by atoms with Gasteiger partial charge in [0.15, 0.2) is 0 Å².